The first-order chi connectivity index (χ1) is 8.19. The van der Waals surface area contributed by atoms with Crippen molar-refractivity contribution in [1.82, 2.24) is 4.98 Å². The van der Waals surface area contributed by atoms with Gasteiger partial charge in [0.05, 0.1) is 16.8 Å². The number of aromatic nitrogens is 1. The molecule has 1 aromatic carbocycles. The lowest BCUT2D eigenvalue weighted by Crippen LogP contribution is -1.90. The smallest absolute Gasteiger partial charge is 0.147 e. The minimum Gasteiger partial charge on any atom is -0.454 e. The van der Waals surface area contributed by atoms with Crippen LogP contribution >= 0.6 is 11.6 Å². The lowest BCUT2D eigenvalue weighted by atomic mass is 10.2. The first kappa shape index (κ1) is 11.4. The standard InChI is InChI=1S/C12H6ClFN2O/c13-9-4-11(7-16-6-9)17-12-2-1-10(14)3-8(12)5-15/h1-4,6-7H. The van der Waals surface area contributed by atoms with E-state index in [2.05, 4.69) is 4.98 Å². The van der Waals surface area contributed by atoms with Crippen molar-refractivity contribution < 1.29 is 9.13 Å². The second kappa shape index (κ2) is 4.81. The van der Waals surface area contributed by atoms with Gasteiger partial charge in [0.2, 0.25) is 0 Å². The molecule has 1 aromatic heterocycles. The number of hydrogen-bond acceptors (Lipinski definition) is 3. The first-order valence-corrected chi connectivity index (χ1v) is 5.05. The third kappa shape index (κ3) is 2.71. The van der Waals surface area contributed by atoms with Crippen LogP contribution < -0.4 is 4.74 Å². The molecule has 0 aliphatic rings. The van der Waals surface area contributed by atoms with Crippen LogP contribution in [-0.2, 0) is 0 Å². The van der Waals surface area contributed by atoms with Crippen molar-refractivity contribution in [2.24, 2.45) is 0 Å². The van der Waals surface area contributed by atoms with Crippen molar-refractivity contribution in [3.05, 3.63) is 53.1 Å². The molecule has 0 fully saturated rings. The van der Waals surface area contributed by atoms with E-state index in [1.807, 2.05) is 6.07 Å². The number of nitriles is 1. The Balaban J connectivity index is 2.34. The Hall–Kier alpha value is -2.12. The zero-order valence-electron chi connectivity index (χ0n) is 8.52. The van der Waals surface area contributed by atoms with E-state index in [1.165, 1.54) is 24.5 Å². The van der Waals surface area contributed by atoms with Gasteiger partial charge in [-0.1, -0.05) is 11.6 Å². The van der Waals surface area contributed by atoms with Gasteiger partial charge < -0.3 is 4.74 Å². The van der Waals surface area contributed by atoms with Gasteiger partial charge in [-0.15, -0.1) is 0 Å². The summed E-state index contributed by atoms with van der Waals surface area (Å²) in [5, 5.41) is 9.26. The van der Waals surface area contributed by atoms with Crippen LogP contribution in [0.15, 0.2) is 36.7 Å². The Morgan fingerprint density at radius 2 is 2.12 bits per heavy atom. The fourth-order valence-electron chi connectivity index (χ4n) is 1.25. The summed E-state index contributed by atoms with van der Waals surface area (Å²) in [4.78, 5) is 3.84. The minimum atomic E-state index is -0.488. The third-order valence-corrected chi connectivity index (χ3v) is 2.18. The summed E-state index contributed by atoms with van der Waals surface area (Å²) in [6.07, 6.45) is 2.92. The average Bonchev–Trinajstić information content (AvgIpc) is 2.31. The van der Waals surface area contributed by atoms with Crippen molar-refractivity contribution in [3.63, 3.8) is 0 Å². The Bertz CT molecular complexity index is 595. The van der Waals surface area contributed by atoms with Gasteiger partial charge >= 0.3 is 0 Å². The molecule has 3 nitrogen and oxygen atoms in total. The van der Waals surface area contributed by atoms with Crippen LogP contribution in [-0.4, -0.2) is 4.98 Å². The quantitative estimate of drug-likeness (QED) is 0.817. The predicted molar refractivity (Wildman–Crippen MR) is 60.4 cm³/mol. The van der Waals surface area contributed by atoms with Gasteiger partial charge in [-0.3, -0.25) is 4.98 Å². The van der Waals surface area contributed by atoms with Crippen molar-refractivity contribution in [2.45, 2.75) is 0 Å². The molecule has 0 N–H and O–H groups in total. The van der Waals surface area contributed by atoms with Crippen LogP contribution in [0.5, 0.6) is 11.5 Å². The van der Waals surface area contributed by atoms with Crippen LogP contribution in [0.1, 0.15) is 5.56 Å². The van der Waals surface area contributed by atoms with Gasteiger partial charge in [-0.2, -0.15) is 5.26 Å². The summed E-state index contributed by atoms with van der Waals surface area (Å²) in [6.45, 7) is 0. The second-order valence-electron chi connectivity index (χ2n) is 3.19. The molecule has 0 bridgehead atoms. The van der Waals surface area contributed by atoms with Crippen LogP contribution in [0.25, 0.3) is 0 Å². The van der Waals surface area contributed by atoms with Gasteiger partial charge in [-0.05, 0) is 18.2 Å². The lowest BCUT2D eigenvalue weighted by Gasteiger charge is -2.06. The van der Waals surface area contributed by atoms with Gasteiger partial charge in [0.1, 0.15) is 23.4 Å². The van der Waals surface area contributed by atoms with Crippen LogP contribution in [0.2, 0.25) is 5.02 Å². The van der Waals surface area contributed by atoms with E-state index in [0.717, 1.165) is 6.07 Å². The molecule has 0 spiro atoms. The lowest BCUT2D eigenvalue weighted by molar-refractivity contribution is 0.476. The highest BCUT2D eigenvalue weighted by Gasteiger charge is 2.06. The number of ether oxygens (including phenoxy) is 1. The molecule has 0 atom stereocenters. The number of hydrogen-bond donors (Lipinski definition) is 0. The molecule has 0 unspecified atom stereocenters. The molecule has 0 saturated heterocycles. The highest BCUT2D eigenvalue weighted by Crippen LogP contribution is 2.26. The maximum Gasteiger partial charge on any atom is 0.147 e. The van der Waals surface area contributed by atoms with Gasteiger partial charge in [-0.25, -0.2) is 4.39 Å². The van der Waals surface area contributed by atoms with E-state index in [1.54, 1.807) is 6.07 Å². The normalized spacial score (nSPS) is 9.71. The molecule has 0 aliphatic carbocycles. The molecule has 2 aromatic rings. The van der Waals surface area contributed by atoms with Gasteiger partial charge in [0.25, 0.3) is 0 Å². The SMILES string of the molecule is N#Cc1cc(F)ccc1Oc1cncc(Cl)c1. The molecule has 17 heavy (non-hydrogen) atoms. The van der Waals surface area contributed by atoms with E-state index in [4.69, 9.17) is 21.6 Å². The predicted octanol–water partition coefficient (Wildman–Crippen LogP) is 3.54. The first-order valence-electron chi connectivity index (χ1n) is 4.67. The van der Waals surface area contributed by atoms with E-state index in [9.17, 15) is 4.39 Å². The van der Waals surface area contributed by atoms with Gasteiger partial charge in [0.15, 0.2) is 0 Å². The molecular weight excluding hydrogens is 243 g/mol. The van der Waals surface area contributed by atoms with Crippen molar-refractivity contribution in [3.8, 4) is 17.6 Å². The van der Waals surface area contributed by atoms with E-state index < -0.39 is 5.82 Å². The molecular formula is C12H6ClFN2O. The molecule has 5 heteroatoms. The number of rotatable bonds is 2. The second-order valence-corrected chi connectivity index (χ2v) is 3.63. The summed E-state index contributed by atoms with van der Waals surface area (Å²) in [7, 11) is 0. The minimum absolute atomic E-state index is 0.116. The Morgan fingerprint density at radius 1 is 1.29 bits per heavy atom. The topological polar surface area (TPSA) is 45.9 Å². The number of benzene rings is 1. The van der Waals surface area contributed by atoms with Crippen molar-refractivity contribution in [1.29, 1.82) is 5.26 Å². The molecule has 1 heterocycles. The van der Waals surface area contributed by atoms with Crippen LogP contribution in [0.3, 0.4) is 0 Å². The average molecular weight is 249 g/mol. The third-order valence-electron chi connectivity index (χ3n) is 1.97. The zero-order chi connectivity index (χ0) is 12.3. The number of pyridine rings is 1. The highest BCUT2D eigenvalue weighted by molar-refractivity contribution is 6.30. The summed E-state index contributed by atoms with van der Waals surface area (Å²) < 4.78 is 18.3. The Morgan fingerprint density at radius 3 is 2.82 bits per heavy atom. The number of nitrogens with zero attached hydrogens (tertiary/aromatic N) is 2. The molecule has 2 rings (SSSR count). The number of halogens is 2. The summed E-state index contributed by atoms with van der Waals surface area (Å²) in [5.74, 6) is 0.164. The summed E-state index contributed by atoms with van der Waals surface area (Å²) >= 11 is 5.74. The Kier molecular flexibility index (Phi) is 3.22. The molecule has 0 aliphatic heterocycles. The largest absolute Gasteiger partial charge is 0.454 e. The van der Waals surface area contributed by atoms with E-state index in [-0.39, 0.29) is 11.3 Å². The van der Waals surface area contributed by atoms with Crippen molar-refractivity contribution in [2.75, 3.05) is 0 Å². The van der Waals surface area contributed by atoms with Crippen LogP contribution in [0.4, 0.5) is 4.39 Å². The van der Waals surface area contributed by atoms with Crippen LogP contribution in [0, 0.1) is 17.1 Å². The summed E-state index contributed by atoms with van der Waals surface area (Å²) in [5.41, 5.74) is 0.116. The zero-order valence-corrected chi connectivity index (χ0v) is 9.28. The van der Waals surface area contributed by atoms with Gasteiger partial charge in [0, 0.05) is 12.3 Å². The maximum absolute atomic E-state index is 12.9. The van der Waals surface area contributed by atoms with E-state index >= 15 is 0 Å². The molecule has 0 amide bonds. The van der Waals surface area contributed by atoms with E-state index in [0.29, 0.717) is 10.8 Å². The highest BCUT2D eigenvalue weighted by atomic mass is 35.5. The maximum atomic E-state index is 12.9. The molecule has 0 radical (unpaired) electrons. The molecule has 0 saturated carbocycles. The van der Waals surface area contributed by atoms with Crippen molar-refractivity contribution >= 4 is 11.6 Å². The fraction of sp³-hybridized carbons (Fsp3) is 0. The summed E-state index contributed by atoms with van der Waals surface area (Å²) in [6, 6.07) is 7.11. The monoisotopic (exact) mass is 248 g/mol. The fourth-order valence-corrected chi connectivity index (χ4v) is 1.42. The Labute approximate surface area is 102 Å². The molecule has 84 valence electrons.